The second-order valence-corrected chi connectivity index (χ2v) is 5.93. The fourth-order valence-electron chi connectivity index (χ4n) is 2.38. The first-order valence-electron chi connectivity index (χ1n) is 7.22. The standard InChI is InChI=1S/C14H29N3O/c1-5-12(4)13(15)14(18)17-8-6-16(7-9-17)10-11(2)3/h11-13H,5-10,15H2,1-4H3/t12-,13-/m0/s1. The van der Waals surface area contributed by atoms with Crippen LogP contribution >= 0.6 is 0 Å². The number of amides is 1. The molecule has 2 N–H and O–H groups in total. The molecule has 106 valence electrons. The molecule has 2 atom stereocenters. The van der Waals surface area contributed by atoms with Crippen LogP contribution in [0.5, 0.6) is 0 Å². The van der Waals surface area contributed by atoms with Crippen LogP contribution in [0.3, 0.4) is 0 Å². The van der Waals surface area contributed by atoms with Crippen LogP contribution in [0, 0.1) is 11.8 Å². The van der Waals surface area contributed by atoms with Gasteiger partial charge in [-0.1, -0.05) is 34.1 Å². The summed E-state index contributed by atoms with van der Waals surface area (Å²) in [6, 6.07) is -0.327. The van der Waals surface area contributed by atoms with Gasteiger partial charge >= 0.3 is 0 Å². The third kappa shape index (κ3) is 4.25. The minimum absolute atomic E-state index is 0.133. The summed E-state index contributed by atoms with van der Waals surface area (Å²) in [4.78, 5) is 16.6. The van der Waals surface area contributed by atoms with E-state index < -0.39 is 0 Å². The lowest BCUT2D eigenvalue weighted by molar-refractivity contribution is -0.135. The van der Waals surface area contributed by atoms with E-state index in [1.165, 1.54) is 0 Å². The van der Waals surface area contributed by atoms with Gasteiger partial charge in [0.2, 0.25) is 5.91 Å². The summed E-state index contributed by atoms with van der Waals surface area (Å²) < 4.78 is 0. The molecule has 0 aromatic heterocycles. The van der Waals surface area contributed by atoms with E-state index in [0.717, 1.165) is 39.1 Å². The molecule has 1 amide bonds. The first-order valence-corrected chi connectivity index (χ1v) is 7.22. The van der Waals surface area contributed by atoms with E-state index in [1.54, 1.807) is 0 Å². The SMILES string of the molecule is CC[C@H](C)[C@H](N)C(=O)N1CCN(CC(C)C)CC1. The predicted octanol–water partition coefficient (Wildman–Crippen LogP) is 1.16. The maximum Gasteiger partial charge on any atom is 0.239 e. The Balaban J connectivity index is 2.40. The molecule has 0 radical (unpaired) electrons. The third-order valence-corrected chi connectivity index (χ3v) is 3.85. The van der Waals surface area contributed by atoms with Gasteiger partial charge in [-0.3, -0.25) is 9.69 Å². The highest BCUT2D eigenvalue weighted by Crippen LogP contribution is 2.11. The lowest BCUT2D eigenvalue weighted by Crippen LogP contribution is -2.54. The van der Waals surface area contributed by atoms with Crippen LogP contribution < -0.4 is 5.73 Å². The smallest absolute Gasteiger partial charge is 0.239 e. The number of piperazine rings is 1. The van der Waals surface area contributed by atoms with Crippen molar-refractivity contribution >= 4 is 5.91 Å². The van der Waals surface area contributed by atoms with Crippen molar-refractivity contribution in [1.82, 2.24) is 9.80 Å². The van der Waals surface area contributed by atoms with Gasteiger partial charge in [-0.2, -0.15) is 0 Å². The van der Waals surface area contributed by atoms with E-state index in [9.17, 15) is 4.79 Å². The van der Waals surface area contributed by atoms with Crippen molar-refractivity contribution in [2.75, 3.05) is 32.7 Å². The van der Waals surface area contributed by atoms with E-state index in [-0.39, 0.29) is 17.9 Å². The molecule has 0 aromatic rings. The number of nitrogens with zero attached hydrogens (tertiary/aromatic N) is 2. The normalized spacial score (nSPS) is 21.1. The molecule has 1 fully saturated rings. The van der Waals surface area contributed by atoms with Crippen LogP contribution in [0.1, 0.15) is 34.1 Å². The molecular formula is C14H29N3O. The highest BCUT2D eigenvalue weighted by Gasteiger charge is 2.27. The van der Waals surface area contributed by atoms with Crippen molar-refractivity contribution in [3.05, 3.63) is 0 Å². The predicted molar refractivity (Wildman–Crippen MR) is 75.3 cm³/mol. The summed E-state index contributed by atoms with van der Waals surface area (Å²) in [5.74, 6) is 1.09. The molecule has 1 rings (SSSR count). The number of hydrogen-bond acceptors (Lipinski definition) is 3. The van der Waals surface area contributed by atoms with E-state index >= 15 is 0 Å². The average molecular weight is 255 g/mol. The van der Waals surface area contributed by atoms with Crippen LogP contribution in [0.25, 0.3) is 0 Å². The largest absolute Gasteiger partial charge is 0.339 e. The van der Waals surface area contributed by atoms with Crippen molar-refractivity contribution in [3.8, 4) is 0 Å². The van der Waals surface area contributed by atoms with Gasteiger partial charge in [-0.05, 0) is 11.8 Å². The molecule has 1 aliphatic rings. The highest BCUT2D eigenvalue weighted by molar-refractivity contribution is 5.82. The average Bonchev–Trinajstić information content (AvgIpc) is 2.36. The Labute approximate surface area is 111 Å². The second kappa shape index (κ2) is 7.10. The van der Waals surface area contributed by atoms with Crippen LogP contribution in [0.4, 0.5) is 0 Å². The zero-order valence-electron chi connectivity index (χ0n) is 12.4. The Bertz CT molecular complexity index is 260. The molecule has 1 aliphatic heterocycles. The first-order chi connectivity index (χ1) is 8.45. The molecule has 4 nitrogen and oxygen atoms in total. The minimum atomic E-state index is -0.327. The number of hydrogen-bond donors (Lipinski definition) is 1. The topological polar surface area (TPSA) is 49.6 Å². The summed E-state index contributed by atoms with van der Waals surface area (Å²) in [5.41, 5.74) is 6.01. The van der Waals surface area contributed by atoms with Crippen molar-refractivity contribution in [2.24, 2.45) is 17.6 Å². The van der Waals surface area contributed by atoms with Gasteiger partial charge in [0.05, 0.1) is 6.04 Å². The van der Waals surface area contributed by atoms with Gasteiger partial charge in [0.15, 0.2) is 0 Å². The molecule has 0 aromatic carbocycles. The Morgan fingerprint density at radius 3 is 2.17 bits per heavy atom. The van der Waals surface area contributed by atoms with Crippen molar-refractivity contribution in [1.29, 1.82) is 0 Å². The Morgan fingerprint density at radius 1 is 1.17 bits per heavy atom. The molecular weight excluding hydrogens is 226 g/mol. The molecule has 0 saturated carbocycles. The number of carbonyl (C=O) groups is 1. The van der Waals surface area contributed by atoms with Crippen LogP contribution in [0.15, 0.2) is 0 Å². The summed E-state index contributed by atoms with van der Waals surface area (Å²) in [7, 11) is 0. The molecule has 4 heteroatoms. The molecule has 18 heavy (non-hydrogen) atoms. The third-order valence-electron chi connectivity index (χ3n) is 3.85. The van der Waals surface area contributed by atoms with Crippen molar-refractivity contribution in [2.45, 2.75) is 40.2 Å². The van der Waals surface area contributed by atoms with E-state index in [2.05, 4.69) is 32.6 Å². The molecule has 0 spiro atoms. The van der Waals surface area contributed by atoms with Crippen LogP contribution in [0.2, 0.25) is 0 Å². The summed E-state index contributed by atoms with van der Waals surface area (Å²) in [6.45, 7) is 13.3. The van der Waals surface area contributed by atoms with Gasteiger partial charge in [0.25, 0.3) is 0 Å². The fourth-order valence-corrected chi connectivity index (χ4v) is 2.38. The number of carbonyl (C=O) groups excluding carboxylic acids is 1. The molecule has 1 saturated heterocycles. The van der Waals surface area contributed by atoms with Crippen molar-refractivity contribution < 1.29 is 4.79 Å². The summed E-state index contributed by atoms with van der Waals surface area (Å²) in [6.07, 6.45) is 0.959. The number of nitrogens with two attached hydrogens (primary N) is 1. The van der Waals surface area contributed by atoms with Gasteiger partial charge in [-0.15, -0.1) is 0 Å². The molecule has 0 bridgehead atoms. The van der Waals surface area contributed by atoms with Gasteiger partial charge < -0.3 is 10.6 Å². The fraction of sp³-hybridized carbons (Fsp3) is 0.929. The zero-order valence-corrected chi connectivity index (χ0v) is 12.4. The quantitative estimate of drug-likeness (QED) is 0.802. The first kappa shape index (κ1) is 15.4. The zero-order chi connectivity index (χ0) is 13.7. The van der Waals surface area contributed by atoms with E-state index in [0.29, 0.717) is 5.92 Å². The Morgan fingerprint density at radius 2 is 1.72 bits per heavy atom. The van der Waals surface area contributed by atoms with Gasteiger partial charge in [-0.25, -0.2) is 0 Å². The monoisotopic (exact) mass is 255 g/mol. The molecule has 0 unspecified atom stereocenters. The summed E-state index contributed by atoms with van der Waals surface area (Å²) >= 11 is 0. The minimum Gasteiger partial charge on any atom is -0.339 e. The van der Waals surface area contributed by atoms with Crippen LogP contribution in [-0.2, 0) is 4.79 Å². The Hall–Kier alpha value is -0.610. The number of rotatable bonds is 5. The molecule has 1 heterocycles. The maximum atomic E-state index is 12.2. The van der Waals surface area contributed by atoms with Crippen molar-refractivity contribution in [3.63, 3.8) is 0 Å². The Kier molecular flexibility index (Phi) is 6.09. The van der Waals surface area contributed by atoms with E-state index in [4.69, 9.17) is 5.73 Å². The highest BCUT2D eigenvalue weighted by atomic mass is 16.2. The second-order valence-electron chi connectivity index (χ2n) is 5.93. The van der Waals surface area contributed by atoms with Gasteiger partial charge in [0.1, 0.15) is 0 Å². The molecule has 0 aliphatic carbocycles. The van der Waals surface area contributed by atoms with Gasteiger partial charge in [0, 0.05) is 32.7 Å². The maximum absolute atomic E-state index is 12.2. The van der Waals surface area contributed by atoms with Crippen LogP contribution in [-0.4, -0.2) is 54.5 Å². The lowest BCUT2D eigenvalue weighted by Gasteiger charge is -2.37. The summed E-state index contributed by atoms with van der Waals surface area (Å²) in [5, 5.41) is 0. The van der Waals surface area contributed by atoms with E-state index in [1.807, 2.05) is 4.90 Å². The lowest BCUT2D eigenvalue weighted by atomic mass is 9.98.